The number of hydrogen-bond acceptors (Lipinski definition) is 7. The highest BCUT2D eigenvalue weighted by Crippen LogP contribution is 2.38. The van der Waals surface area contributed by atoms with E-state index in [0.717, 1.165) is 29.7 Å². The summed E-state index contributed by atoms with van der Waals surface area (Å²) in [6.45, 7) is 0. The molecule has 0 atom stereocenters. The fraction of sp³-hybridized carbons (Fsp3) is 0.235. The Morgan fingerprint density at radius 3 is 3.00 bits per heavy atom. The van der Waals surface area contributed by atoms with Gasteiger partial charge in [0.05, 0.1) is 17.0 Å². The zero-order chi connectivity index (χ0) is 19.7. The molecule has 8 nitrogen and oxygen atoms in total. The van der Waals surface area contributed by atoms with E-state index in [1.165, 1.54) is 27.8 Å². The van der Waals surface area contributed by atoms with E-state index in [1.807, 2.05) is 6.07 Å². The number of aryl methyl sites for hydroxylation is 1. The van der Waals surface area contributed by atoms with Crippen LogP contribution in [0.2, 0.25) is 5.02 Å². The Labute approximate surface area is 173 Å². The lowest BCUT2D eigenvalue weighted by atomic mass is 10.1. The Kier molecular flexibility index (Phi) is 5.33. The maximum atomic E-state index is 12.4. The van der Waals surface area contributed by atoms with Gasteiger partial charge in [0.15, 0.2) is 0 Å². The molecule has 3 aromatic rings. The highest BCUT2D eigenvalue weighted by atomic mass is 35.5. The second-order valence-electron chi connectivity index (χ2n) is 6.12. The minimum absolute atomic E-state index is 0.0850. The van der Waals surface area contributed by atoms with Crippen LogP contribution in [0.3, 0.4) is 0 Å². The summed E-state index contributed by atoms with van der Waals surface area (Å²) < 4.78 is 1.51. The van der Waals surface area contributed by atoms with Crippen LogP contribution in [-0.4, -0.2) is 37.8 Å². The summed E-state index contributed by atoms with van der Waals surface area (Å²) in [5.41, 5.74) is 7.65. The topological polar surface area (TPSA) is 116 Å². The zero-order valence-corrected chi connectivity index (χ0v) is 16.9. The van der Waals surface area contributed by atoms with E-state index in [2.05, 4.69) is 20.8 Å². The van der Waals surface area contributed by atoms with Crippen LogP contribution >= 0.6 is 34.7 Å². The number of halogens is 1. The van der Waals surface area contributed by atoms with Crippen molar-refractivity contribution in [3.8, 4) is 5.69 Å². The number of hydrogen-bond donors (Lipinski definition) is 2. The molecule has 0 spiro atoms. The number of carbonyl (C=O) groups is 2. The van der Waals surface area contributed by atoms with Crippen molar-refractivity contribution in [3.63, 3.8) is 0 Å². The quantitative estimate of drug-likeness (QED) is 0.576. The van der Waals surface area contributed by atoms with Crippen LogP contribution in [0.15, 0.2) is 29.4 Å². The molecule has 1 aromatic carbocycles. The third-order valence-corrected chi connectivity index (χ3v) is 6.61. The van der Waals surface area contributed by atoms with Gasteiger partial charge in [0.25, 0.3) is 5.91 Å². The van der Waals surface area contributed by atoms with Gasteiger partial charge in [-0.2, -0.15) is 4.68 Å². The van der Waals surface area contributed by atoms with Crippen LogP contribution in [-0.2, 0) is 17.6 Å². The standard InChI is InChI=1S/C17H15ClN6O2S2/c18-9-3-1-4-10(7-9)24-17(21-22-23-24)27-8-13(25)20-16-14(15(19)26)11-5-2-6-12(11)28-16/h1,3-4,7H,2,5-6,8H2,(H2,19,26)(H,20,25). The van der Waals surface area contributed by atoms with Crippen molar-refractivity contribution < 1.29 is 9.59 Å². The van der Waals surface area contributed by atoms with Gasteiger partial charge in [0.1, 0.15) is 5.00 Å². The van der Waals surface area contributed by atoms with Gasteiger partial charge in [-0.1, -0.05) is 29.4 Å². The predicted octanol–water partition coefficient (Wildman–Crippen LogP) is 2.70. The molecule has 0 aliphatic heterocycles. The van der Waals surface area contributed by atoms with Gasteiger partial charge in [0, 0.05) is 9.90 Å². The number of aromatic nitrogens is 4. The van der Waals surface area contributed by atoms with Gasteiger partial charge in [-0.3, -0.25) is 9.59 Å². The number of thiophene rings is 1. The molecule has 3 N–H and O–H groups in total. The first-order chi connectivity index (χ1) is 13.5. The van der Waals surface area contributed by atoms with E-state index in [-0.39, 0.29) is 11.7 Å². The zero-order valence-electron chi connectivity index (χ0n) is 14.5. The molecule has 2 aromatic heterocycles. The smallest absolute Gasteiger partial charge is 0.251 e. The average molecular weight is 435 g/mol. The molecule has 0 unspecified atom stereocenters. The molecule has 1 aliphatic rings. The van der Waals surface area contributed by atoms with Crippen molar-refractivity contribution in [2.24, 2.45) is 5.73 Å². The summed E-state index contributed by atoms with van der Waals surface area (Å²) in [6, 6.07) is 7.10. The number of nitrogens with zero attached hydrogens (tertiary/aromatic N) is 4. The lowest BCUT2D eigenvalue weighted by Crippen LogP contribution is -2.19. The molecule has 1 aliphatic carbocycles. The molecule has 144 valence electrons. The number of tetrazole rings is 1. The third-order valence-electron chi connectivity index (χ3n) is 4.25. The number of rotatable bonds is 6. The Morgan fingerprint density at radius 2 is 2.21 bits per heavy atom. The fourth-order valence-electron chi connectivity index (χ4n) is 3.08. The van der Waals surface area contributed by atoms with Crippen LogP contribution in [0.25, 0.3) is 5.69 Å². The number of benzene rings is 1. The molecular weight excluding hydrogens is 420 g/mol. The van der Waals surface area contributed by atoms with Gasteiger partial charge < -0.3 is 11.1 Å². The maximum Gasteiger partial charge on any atom is 0.251 e. The number of fused-ring (bicyclic) bond motifs is 1. The molecule has 4 rings (SSSR count). The molecule has 2 heterocycles. The first-order valence-corrected chi connectivity index (χ1v) is 10.6. The van der Waals surface area contributed by atoms with Crippen molar-refractivity contribution in [1.29, 1.82) is 0 Å². The summed E-state index contributed by atoms with van der Waals surface area (Å²) in [5, 5.41) is 15.9. The van der Waals surface area contributed by atoms with Gasteiger partial charge in [-0.25, -0.2) is 0 Å². The van der Waals surface area contributed by atoms with E-state index in [9.17, 15) is 9.59 Å². The molecule has 0 saturated carbocycles. The van der Waals surface area contributed by atoms with Crippen LogP contribution < -0.4 is 11.1 Å². The molecule has 0 radical (unpaired) electrons. The van der Waals surface area contributed by atoms with Gasteiger partial charge in [-0.05, 0) is 53.5 Å². The molecule has 2 amide bonds. The highest BCUT2D eigenvalue weighted by molar-refractivity contribution is 7.99. The monoisotopic (exact) mass is 434 g/mol. The number of thioether (sulfide) groups is 1. The van der Waals surface area contributed by atoms with Crippen molar-refractivity contribution in [3.05, 3.63) is 45.3 Å². The van der Waals surface area contributed by atoms with Crippen LogP contribution in [0.4, 0.5) is 5.00 Å². The first-order valence-electron chi connectivity index (χ1n) is 8.44. The molecule has 0 fully saturated rings. The van der Waals surface area contributed by atoms with Gasteiger partial charge in [-0.15, -0.1) is 16.4 Å². The van der Waals surface area contributed by atoms with Crippen LogP contribution in [0.5, 0.6) is 0 Å². The Hall–Kier alpha value is -2.43. The molecule has 0 bridgehead atoms. The Balaban J connectivity index is 1.46. The summed E-state index contributed by atoms with van der Waals surface area (Å²) in [6.07, 6.45) is 2.75. The van der Waals surface area contributed by atoms with Crippen LogP contribution in [0.1, 0.15) is 27.2 Å². The largest absolute Gasteiger partial charge is 0.365 e. The predicted molar refractivity (Wildman–Crippen MR) is 108 cm³/mol. The van der Waals surface area contributed by atoms with Crippen molar-refractivity contribution in [2.75, 3.05) is 11.1 Å². The SMILES string of the molecule is NC(=O)c1c(NC(=O)CSc2nnnn2-c2cccc(Cl)c2)sc2c1CCC2. The van der Waals surface area contributed by atoms with E-state index in [0.29, 0.717) is 26.4 Å². The molecule has 0 saturated heterocycles. The van der Waals surface area contributed by atoms with E-state index in [1.54, 1.807) is 18.2 Å². The van der Waals surface area contributed by atoms with E-state index >= 15 is 0 Å². The second kappa shape index (κ2) is 7.90. The summed E-state index contributed by atoms with van der Waals surface area (Å²) in [7, 11) is 0. The summed E-state index contributed by atoms with van der Waals surface area (Å²) >= 11 is 8.63. The van der Waals surface area contributed by atoms with Crippen molar-refractivity contribution >= 4 is 51.5 Å². The number of anilines is 1. The highest BCUT2D eigenvalue weighted by Gasteiger charge is 2.26. The normalized spacial score (nSPS) is 12.8. The number of primary amides is 1. The maximum absolute atomic E-state index is 12.4. The summed E-state index contributed by atoms with van der Waals surface area (Å²) in [4.78, 5) is 25.4. The lowest BCUT2D eigenvalue weighted by Gasteiger charge is -2.06. The Morgan fingerprint density at radius 1 is 1.36 bits per heavy atom. The fourth-order valence-corrected chi connectivity index (χ4v) is 5.27. The van der Waals surface area contributed by atoms with E-state index < -0.39 is 5.91 Å². The second-order valence-corrected chi connectivity index (χ2v) is 8.60. The number of nitrogens with one attached hydrogen (secondary N) is 1. The van der Waals surface area contributed by atoms with Gasteiger partial charge in [0.2, 0.25) is 11.1 Å². The number of nitrogens with two attached hydrogens (primary N) is 1. The van der Waals surface area contributed by atoms with Crippen molar-refractivity contribution in [2.45, 2.75) is 24.4 Å². The Bertz CT molecular complexity index is 1060. The average Bonchev–Trinajstić information content (AvgIpc) is 3.35. The number of carbonyl (C=O) groups excluding carboxylic acids is 2. The minimum Gasteiger partial charge on any atom is -0.365 e. The van der Waals surface area contributed by atoms with E-state index in [4.69, 9.17) is 17.3 Å². The van der Waals surface area contributed by atoms with Crippen molar-refractivity contribution in [1.82, 2.24) is 20.2 Å². The van der Waals surface area contributed by atoms with Crippen LogP contribution in [0, 0.1) is 0 Å². The van der Waals surface area contributed by atoms with Gasteiger partial charge >= 0.3 is 0 Å². The minimum atomic E-state index is -0.507. The molecular formula is C17H15ClN6O2S2. The first kappa shape index (κ1) is 18.9. The number of amides is 2. The summed E-state index contributed by atoms with van der Waals surface area (Å²) in [5.74, 6) is -0.679. The molecule has 11 heteroatoms. The lowest BCUT2D eigenvalue weighted by molar-refractivity contribution is -0.113. The third kappa shape index (κ3) is 3.75. The molecule has 28 heavy (non-hydrogen) atoms.